The smallest absolute Gasteiger partial charge is 0.335 e. The summed E-state index contributed by atoms with van der Waals surface area (Å²) in [5.41, 5.74) is -1.91. The molecule has 1 heterocycles. The highest BCUT2D eigenvalue weighted by Gasteiger charge is 2.37. The van der Waals surface area contributed by atoms with Gasteiger partial charge in [0.1, 0.15) is 5.82 Å². The minimum absolute atomic E-state index is 0. The molecular weight excluding hydrogens is 348 g/mol. The van der Waals surface area contributed by atoms with E-state index in [0.717, 1.165) is 25.2 Å². The topological polar surface area (TPSA) is 32.3 Å². The molecule has 0 aliphatic carbocycles. The Morgan fingerprint density at radius 2 is 1.92 bits per heavy atom. The summed E-state index contributed by atoms with van der Waals surface area (Å²) < 4.78 is 52.7. The number of hydrogen-bond donors (Lipinski definition) is 1. The molecule has 1 aromatic carbocycles. The standard InChI is InChI=1S/C16H20F4N2O.ClH/c1-2-10-22(11-6-8-21-9-7-11)15(23)12-4-3-5-13(14(12)17)16(18,19)20;/h3-5,11,21H,2,6-10H2,1H3;1H. The van der Waals surface area contributed by atoms with Crippen molar-refractivity contribution in [3.63, 3.8) is 0 Å². The molecule has 0 spiro atoms. The second-order valence-electron chi connectivity index (χ2n) is 5.64. The maximum Gasteiger partial charge on any atom is 0.419 e. The van der Waals surface area contributed by atoms with Crippen molar-refractivity contribution in [1.82, 2.24) is 10.2 Å². The van der Waals surface area contributed by atoms with Crippen LogP contribution in [0, 0.1) is 5.82 Å². The second-order valence-corrected chi connectivity index (χ2v) is 5.64. The molecule has 8 heteroatoms. The zero-order valence-corrected chi connectivity index (χ0v) is 14.1. The Morgan fingerprint density at radius 1 is 1.29 bits per heavy atom. The van der Waals surface area contributed by atoms with Gasteiger partial charge in [-0.3, -0.25) is 4.79 Å². The quantitative estimate of drug-likeness (QED) is 0.818. The van der Waals surface area contributed by atoms with Gasteiger partial charge in [0.05, 0.1) is 11.1 Å². The van der Waals surface area contributed by atoms with Gasteiger partial charge in [-0.1, -0.05) is 13.0 Å². The average molecular weight is 369 g/mol. The number of nitrogens with zero attached hydrogens (tertiary/aromatic N) is 1. The lowest BCUT2D eigenvalue weighted by molar-refractivity contribution is -0.140. The van der Waals surface area contributed by atoms with Crippen LogP contribution in [0.5, 0.6) is 0 Å². The number of nitrogens with one attached hydrogen (secondary N) is 1. The lowest BCUT2D eigenvalue weighted by Crippen LogP contribution is -2.46. The van der Waals surface area contributed by atoms with Crippen molar-refractivity contribution < 1.29 is 22.4 Å². The van der Waals surface area contributed by atoms with Gasteiger partial charge < -0.3 is 10.2 Å². The van der Waals surface area contributed by atoms with E-state index >= 15 is 0 Å². The highest BCUT2D eigenvalue weighted by Crippen LogP contribution is 2.33. The third kappa shape index (κ3) is 4.60. The molecule has 1 fully saturated rings. The molecule has 0 atom stereocenters. The van der Waals surface area contributed by atoms with Gasteiger partial charge in [0.2, 0.25) is 0 Å². The predicted octanol–water partition coefficient (Wildman–Crippen LogP) is 3.87. The fourth-order valence-corrected chi connectivity index (χ4v) is 2.88. The van der Waals surface area contributed by atoms with Crippen molar-refractivity contribution >= 4 is 18.3 Å². The van der Waals surface area contributed by atoms with Gasteiger partial charge in [0.15, 0.2) is 0 Å². The van der Waals surface area contributed by atoms with Crippen LogP contribution in [0.4, 0.5) is 17.6 Å². The Kier molecular flexibility index (Phi) is 7.48. The van der Waals surface area contributed by atoms with E-state index in [-0.39, 0.29) is 18.4 Å². The molecule has 0 aromatic heterocycles. The molecule has 1 aromatic rings. The highest BCUT2D eigenvalue weighted by molar-refractivity contribution is 5.95. The molecule has 1 N–H and O–H groups in total. The number of piperidine rings is 1. The number of hydrogen-bond acceptors (Lipinski definition) is 2. The van der Waals surface area contributed by atoms with Gasteiger partial charge in [-0.25, -0.2) is 4.39 Å². The average Bonchev–Trinajstić information content (AvgIpc) is 2.52. The lowest BCUT2D eigenvalue weighted by Gasteiger charge is -2.34. The van der Waals surface area contributed by atoms with Crippen LogP contribution >= 0.6 is 12.4 Å². The lowest BCUT2D eigenvalue weighted by atomic mass is 10.0. The van der Waals surface area contributed by atoms with Crippen molar-refractivity contribution in [2.24, 2.45) is 0 Å². The summed E-state index contributed by atoms with van der Waals surface area (Å²) in [6, 6.07) is 2.78. The summed E-state index contributed by atoms with van der Waals surface area (Å²) in [5.74, 6) is -2.15. The molecule has 3 nitrogen and oxygen atoms in total. The molecule has 0 unspecified atom stereocenters. The van der Waals surface area contributed by atoms with E-state index < -0.39 is 29.0 Å². The molecule has 2 rings (SSSR count). The van der Waals surface area contributed by atoms with Crippen LogP contribution < -0.4 is 5.32 Å². The van der Waals surface area contributed by atoms with Crippen molar-refractivity contribution in [1.29, 1.82) is 0 Å². The van der Waals surface area contributed by atoms with E-state index in [1.165, 1.54) is 4.90 Å². The summed E-state index contributed by atoms with van der Waals surface area (Å²) in [6.07, 6.45) is -2.72. The van der Waals surface area contributed by atoms with Crippen LogP contribution in [-0.2, 0) is 6.18 Å². The van der Waals surface area contributed by atoms with Gasteiger partial charge >= 0.3 is 6.18 Å². The summed E-state index contributed by atoms with van der Waals surface area (Å²) >= 11 is 0. The molecular formula is C16H21ClF4N2O. The van der Waals surface area contributed by atoms with Crippen molar-refractivity contribution in [2.75, 3.05) is 19.6 Å². The van der Waals surface area contributed by atoms with E-state index in [0.29, 0.717) is 31.9 Å². The summed E-state index contributed by atoms with van der Waals surface area (Å²) in [6.45, 7) is 3.76. The van der Waals surface area contributed by atoms with Crippen LogP contribution in [0.1, 0.15) is 42.1 Å². The van der Waals surface area contributed by atoms with Crippen molar-refractivity contribution in [3.8, 4) is 0 Å². The molecule has 1 saturated heterocycles. The van der Waals surface area contributed by atoms with E-state index in [1.54, 1.807) is 0 Å². The summed E-state index contributed by atoms with van der Waals surface area (Å²) in [5, 5.41) is 3.17. The molecule has 1 amide bonds. The van der Waals surface area contributed by atoms with Crippen molar-refractivity contribution in [2.45, 2.75) is 38.4 Å². The molecule has 0 saturated carbocycles. The number of carbonyl (C=O) groups excluding carboxylic acids is 1. The van der Waals surface area contributed by atoms with E-state index in [2.05, 4.69) is 5.32 Å². The fraction of sp³-hybridized carbons (Fsp3) is 0.562. The van der Waals surface area contributed by atoms with Gasteiger partial charge in [0.25, 0.3) is 5.91 Å². The Labute approximate surface area is 144 Å². The zero-order chi connectivity index (χ0) is 17.0. The number of alkyl halides is 3. The van der Waals surface area contributed by atoms with Gasteiger partial charge in [-0.2, -0.15) is 13.2 Å². The van der Waals surface area contributed by atoms with Gasteiger partial charge in [-0.15, -0.1) is 12.4 Å². The number of carbonyl (C=O) groups is 1. The first-order valence-corrected chi connectivity index (χ1v) is 7.73. The molecule has 136 valence electrons. The zero-order valence-electron chi connectivity index (χ0n) is 13.3. The Morgan fingerprint density at radius 3 is 2.46 bits per heavy atom. The van der Waals surface area contributed by atoms with Gasteiger partial charge in [0, 0.05) is 12.6 Å². The maximum absolute atomic E-state index is 14.2. The van der Waals surface area contributed by atoms with E-state index in [4.69, 9.17) is 0 Å². The summed E-state index contributed by atoms with van der Waals surface area (Å²) in [4.78, 5) is 14.1. The fourth-order valence-electron chi connectivity index (χ4n) is 2.88. The second kappa shape index (κ2) is 8.67. The third-order valence-corrected chi connectivity index (χ3v) is 4.01. The molecule has 0 bridgehead atoms. The number of rotatable bonds is 4. The van der Waals surface area contributed by atoms with Crippen LogP contribution in [0.2, 0.25) is 0 Å². The van der Waals surface area contributed by atoms with Crippen LogP contribution in [-0.4, -0.2) is 36.5 Å². The molecule has 1 aliphatic heterocycles. The number of halogens is 5. The minimum atomic E-state index is -4.81. The first-order chi connectivity index (χ1) is 10.9. The van der Waals surface area contributed by atoms with Crippen LogP contribution in [0.3, 0.4) is 0 Å². The SMILES string of the molecule is CCCN(C(=O)c1cccc(C(F)(F)F)c1F)C1CCNCC1.Cl. The predicted molar refractivity (Wildman–Crippen MR) is 85.9 cm³/mol. The summed E-state index contributed by atoms with van der Waals surface area (Å²) in [7, 11) is 0. The van der Waals surface area contributed by atoms with E-state index in [1.807, 2.05) is 6.92 Å². The molecule has 24 heavy (non-hydrogen) atoms. The number of amides is 1. The Hall–Kier alpha value is -1.34. The number of benzene rings is 1. The molecule has 0 radical (unpaired) electrons. The van der Waals surface area contributed by atoms with Gasteiger partial charge in [-0.05, 0) is 44.5 Å². The molecule has 1 aliphatic rings. The normalized spacial score (nSPS) is 15.7. The Balaban J connectivity index is 0.00000288. The monoisotopic (exact) mass is 368 g/mol. The highest BCUT2D eigenvalue weighted by atomic mass is 35.5. The van der Waals surface area contributed by atoms with Crippen LogP contribution in [0.15, 0.2) is 18.2 Å². The van der Waals surface area contributed by atoms with E-state index in [9.17, 15) is 22.4 Å². The minimum Gasteiger partial charge on any atom is -0.335 e. The van der Waals surface area contributed by atoms with Crippen molar-refractivity contribution in [3.05, 3.63) is 35.1 Å². The Bertz CT molecular complexity index is 559. The first kappa shape index (κ1) is 20.7. The maximum atomic E-state index is 14.2. The largest absolute Gasteiger partial charge is 0.419 e. The first-order valence-electron chi connectivity index (χ1n) is 7.73. The van der Waals surface area contributed by atoms with Crippen LogP contribution in [0.25, 0.3) is 0 Å². The third-order valence-electron chi connectivity index (χ3n) is 4.01.